The Kier molecular flexibility index (Phi) is 6.41. The van der Waals surface area contributed by atoms with E-state index in [1.807, 2.05) is 24.3 Å². The first-order valence-electron chi connectivity index (χ1n) is 11.0. The number of aromatic nitrogens is 3. The summed E-state index contributed by atoms with van der Waals surface area (Å²) in [5.74, 6) is 1.43. The summed E-state index contributed by atoms with van der Waals surface area (Å²) in [6.45, 7) is 2.12. The second kappa shape index (κ2) is 9.62. The molecule has 4 aromatic rings. The quantitative estimate of drug-likeness (QED) is 0.404. The fourth-order valence-corrected chi connectivity index (χ4v) is 4.60. The van der Waals surface area contributed by atoms with Crippen LogP contribution in [0.5, 0.6) is 5.75 Å². The highest BCUT2D eigenvalue weighted by Crippen LogP contribution is 2.28. The summed E-state index contributed by atoms with van der Waals surface area (Å²) in [6.07, 6.45) is 5.26. The van der Waals surface area contributed by atoms with Gasteiger partial charge in [-0.2, -0.15) is 0 Å². The molecule has 0 bridgehead atoms. The Bertz CT molecular complexity index is 1360. The molecule has 1 aliphatic heterocycles. The zero-order chi connectivity index (χ0) is 23.7. The van der Waals surface area contributed by atoms with Gasteiger partial charge in [0, 0.05) is 31.0 Å². The summed E-state index contributed by atoms with van der Waals surface area (Å²) in [5.41, 5.74) is 1.48. The van der Waals surface area contributed by atoms with Gasteiger partial charge in [-0.05, 0) is 56.3 Å². The SMILES string of the molecule is CN1CCC(Oc2ccc(Nc3cc4ncn(-c5c(Cl)cccc5Cl)c(=O)c4cn3)cc2)CC1. The molecule has 1 N–H and O–H groups in total. The number of hydrogen-bond acceptors (Lipinski definition) is 6. The molecule has 0 radical (unpaired) electrons. The number of likely N-dealkylation sites (tertiary alicyclic amines) is 1. The minimum absolute atomic E-state index is 0.257. The molecule has 2 aromatic heterocycles. The van der Waals surface area contributed by atoms with Crippen molar-refractivity contribution in [2.75, 3.05) is 25.5 Å². The van der Waals surface area contributed by atoms with Crippen molar-refractivity contribution in [3.63, 3.8) is 0 Å². The minimum atomic E-state index is -0.297. The summed E-state index contributed by atoms with van der Waals surface area (Å²) in [7, 11) is 2.14. The number of halogens is 2. The minimum Gasteiger partial charge on any atom is -0.490 e. The molecule has 0 atom stereocenters. The van der Waals surface area contributed by atoms with Crippen molar-refractivity contribution in [3.05, 3.63) is 81.5 Å². The van der Waals surface area contributed by atoms with E-state index in [1.165, 1.54) is 17.1 Å². The summed E-state index contributed by atoms with van der Waals surface area (Å²) >= 11 is 12.5. The molecule has 34 heavy (non-hydrogen) atoms. The molecule has 0 unspecified atom stereocenters. The van der Waals surface area contributed by atoms with Gasteiger partial charge in [-0.15, -0.1) is 0 Å². The van der Waals surface area contributed by atoms with E-state index in [4.69, 9.17) is 27.9 Å². The molecular formula is C25H23Cl2N5O2. The first-order chi connectivity index (χ1) is 16.5. The van der Waals surface area contributed by atoms with Crippen LogP contribution in [0.1, 0.15) is 12.8 Å². The van der Waals surface area contributed by atoms with Gasteiger partial charge >= 0.3 is 0 Å². The van der Waals surface area contributed by atoms with Gasteiger partial charge < -0.3 is 15.0 Å². The summed E-state index contributed by atoms with van der Waals surface area (Å²) < 4.78 is 7.45. The predicted octanol–water partition coefficient (Wildman–Crippen LogP) is 5.30. The zero-order valence-electron chi connectivity index (χ0n) is 18.5. The lowest BCUT2D eigenvalue weighted by atomic mass is 10.1. The highest BCUT2D eigenvalue weighted by atomic mass is 35.5. The van der Waals surface area contributed by atoms with Crippen LogP contribution in [-0.2, 0) is 0 Å². The van der Waals surface area contributed by atoms with Crippen LogP contribution < -0.4 is 15.6 Å². The molecule has 3 heterocycles. The average molecular weight is 496 g/mol. The molecule has 1 fully saturated rings. The fourth-order valence-electron chi connectivity index (χ4n) is 4.03. The average Bonchev–Trinajstić information content (AvgIpc) is 2.83. The fraction of sp³-hybridized carbons (Fsp3) is 0.240. The number of ether oxygens (including phenoxy) is 1. The van der Waals surface area contributed by atoms with E-state index < -0.39 is 0 Å². The molecule has 174 valence electrons. The zero-order valence-corrected chi connectivity index (χ0v) is 20.1. The van der Waals surface area contributed by atoms with Gasteiger partial charge in [0.15, 0.2) is 0 Å². The Labute approximate surface area is 206 Å². The molecule has 0 saturated carbocycles. The van der Waals surface area contributed by atoms with Crippen LogP contribution in [0.4, 0.5) is 11.5 Å². The summed E-state index contributed by atoms with van der Waals surface area (Å²) in [4.78, 5) is 24.2. The van der Waals surface area contributed by atoms with Crippen LogP contribution in [0.2, 0.25) is 10.0 Å². The molecule has 0 spiro atoms. The van der Waals surface area contributed by atoms with Gasteiger partial charge in [0.05, 0.1) is 26.6 Å². The smallest absolute Gasteiger partial charge is 0.267 e. The van der Waals surface area contributed by atoms with Crippen LogP contribution in [-0.4, -0.2) is 45.7 Å². The van der Waals surface area contributed by atoms with E-state index >= 15 is 0 Å². The van der Waals surface area contributed by atoms with Crippen molar-refractivity contribution in [1.82, 2.24) is 19.4 Å². The lowest BCUT2D eigenvalue weighted by Crippen LogP contribution is -2.35. The van der Waals surface area contributed by atoms with Crippen LogP contribution in [0.25, 0.3) is 16.6 Å². The van der Waals surface area contributed by atoms with Crippen molar-refractivity contribution in [1.29, 1.82) is 0 Å². The molecule has 2 aromatic carbocycles. The number of piperidine rings is 1. The highest BCUT2D eigenvalue weighted by molar-refractivity contribution is 6.37. The van der Waals surface area contributed by atoms with Gasteiger partial charge in [-0.3, -0.25) is 9.36 Å². The number of fused-ring (bicyclic) bond motifs is 1. The second-order valence-corrected chi connectivity index (χ2v) is 9.16. The van der Waals surface area contributed by atoms with Crippen LogP contribution in [0.3, 0.4) is 0 Å². The van der Waals surface area contributed by atoms with E-state index in [9.17, 15) is 4.79 Å². The largest absolute Gasteiger partial charge is 0.490 e. The van der Waals surface area contributed by atoms with E-state index in [0.29, 0.717) is 32.5 Å². The predicted molar refractivity (Wildman–Crippen MR) is 136 cm³/mol. The number of anilines is 2. The number of rotatable bonds is 5. The van der Waals surface area contributed by atoms with Crippen molar-refractivity contribution in [2.24, 2.45) is 0 Å². The van der Waals surface area contributed by atoms with Gasteiger partial charge in [-0.25, -0.2) is 9.97 Å². The van der Waals surface area contributed by atoms with Gasteiger partial charge in [0.1, 0.15) is 24.0 Å². The molecule has 5 rings (SSSR count). The van der Waals surface area contributed by atoms with E-state index in [2.05, 4.69) is 27.2 Å². The van der Waals surface area contributed by atoms with Gasteiger partial charge in [-0.1, -0.05) is 29.3 Å². The Morgan fingerprint density at radius 3 is 2.44 bits per heavy atom. The summed E-state index contributed by atoms with van der Waals surface area (Å²) in [6, 6.07) is 14.6. The Morgan fingerprint density at radius 2 is 1.74 bits per heavy atom. The standard InChI is InChI=1S/C25H23Cl2N5O2/c1-31-11-9-18(10-12-31)34-17-7-5-16(6-8-17)30-23-13-22-19(14-28-23)25(33)32(15-29-22)24-20(26)3-2-4-21(24)27/h2-8,13-15,18H,9-12H2,1H3,(H,28,30). The van der Waals surface area contributed by atoms with Crippen molar-refractivity contribution in [3.8, 4) is 11.4 Å². The van der Waals surface area contributed by atoms with E-state index in [1.54, 1.807) is 24.3 Å². The third-order valence-electron chi connectivity index (χ3n) is 5.92. The Morgan fingerprint density at radius 1 is 1.03 bits per heavy atom. The molecule has 0 amide bonds. The molecule has 1 saturated heterocycles. The topological polar surface area (TPSA) is 72.3 Å². The third-order valence-corrected chi connectivity index (χ3v) is 6.53. The van der Waals surface area contributed by atoms with Crippen LogP contribution in [0.15, 0.2) is 65.8 Å². The second-order valence-electron chi connectivity index (χ2n) is 8.35. The molecule has 1 aliphatic rings. The number of benzene rings is 2. The maximum Gasteiger partial charge on any atom is 0.267 e. The third kappa shape index (κ3) is 4.73. The van der Waals surface area contributed by atoms with E-state index in [-0.39, 0.29) is 11.7 Å². The summed E-state index contributed by atoms with van der Waals surface area (Å²) in [5, 5.41) is 4.35. The first-order valence-corrected chi connectivity index (χ1v) is 11.8. The Balaban J connectivity index is 1.33. The molecule has 0 aliphatic carbocycles. The molecule has 9 heteroatoms. The lowest BCUT2D eigenvalue weighted by molar-refractivity contribution is 0.114. The van der Waals surface area contributed by atoms with E-state index in [0.717, 1.165) is 37.4 Å². The van der Waals surface area contributed by atoms with Gasteiger partial charge in [0.2, 0.25) is 0 Å². The van der Waals surface area contributed by atoms with Crippen molar-refractivity contribution in [2.45, 2.75) is 18.9 Å². The highest BCUT2D eigenvalue weighted by Gasteiger charge is 2.18. The lowest BCUT2D eigenvalue weighted by Gasteiger charge is -2.29. The van der Waals surface area contributed by atoms with Crippen molar-refractivity contribution >= 4 is 45.6 Å². The number of para-hydroxylation sites is 1. The van der Waals surface area contributed by atoms with Gasteiger partial charge in [0.25, 0.3) is 5.56 Å². The van der Waals surface area contributed by atoms with Crippen molar-refractivity contribution < 1.29 is 4.74 Å². The maximum atomic E-state index is 13.1. The maximum absolute atomic E-state index is 13.1. The van der Waals surface area contributed by atoms with Crippen LogP contribution in [0, 0.1) is 0 Å². The Hall–Kier alpha value is -3.13. The normalized spacial score (nSPS) is 14.9. The number of pyridine rings is 1. The molecular weight excluding hydrogens is 473 g/mol. The first kappa shape index (κ1) is 22.7. The number of nitrogens with one attached hydrogen (secondary N) is 1. The number of nitrogens with zero attached hydrogens (tertiary/aromatic N) is 4. The monoisotopic (exact) mass is 495 g/mol. The number of hydrogen-bond donors (Lipinski definition) is 1. The van der Waals surface area contributed by atoms with Crippen LogP contribution >= 0.6 is 23.2 Å². The molecule has 7 nitrogen and oxygen atoms in total.